The van der Waals surface area contributed by atoms with E-state index in [2.05, 4.69) is 32.9 Å². The summed E-state index contributed by atoms with van der Waals surface area (Å²) in [7, 11) is 0. The Kier molecular flexibility index (Phi) is 6.70. The molecule has 1 nitrogen and oxygen atoms in total. The van der Waals surface area contributed by atoms with Gasteiger partial charge in [0.2, 0.25) is 0 Å². The third-order valence-electron chi connectivity index (χ3n) is 3.98. The van der Waals surface area contributed by atoms with Gasteiger partial charge < -0.3 is 4.79 Å². The van der Waals surface area contributed by atoms with Gasteiger partial charge in [-0.15, -0.1) is 0 Å². The molecule has 0 unspecified atom stereocenters. The highest BCUT2D eigenvalue weighted by Crippen LogP contribution is 2.25. The summed E-state index contributed by atoms with van der Waals surface area (Å²) in [5, 5.41) is 0. The fourth-order valence-corrected chi connectivity index (χ4v) is 2.44. The first kappa shape index (κ1) is 14.9. The monoisotopic (exact) mass is 246 g/mol. The van der Waals surface area contributed by atoms with E-state index in [1.54, 1.807) is 0 Å². The van der Waals surface area contributed by atoms with E-state index in [9.17, 15) is 4.79 Å². The van der Waals surface area contributed by atoms with Crippen LogP contribution in [-0.4, -0.2) is 6.29 Å². The largest absolute Gasteiger partial charge is 0.303 e. The van der Waals surface area contributed by atoms with Crippen LogP contribution in [0.5, 0.6) is 0 Å². The van der Waals surface area contributed by atoms with Gasteiger partial charge in [0.15, 0.2) is 0 Å². The van der Waals surface area contributed by atoms with Crippen LogP contribution in [0.2, 0.25) is 0 Å². The molecule has 0 heterocycles. The van der Waals surface area contributed by atoms with Crippen molar-refractivity contribution in [3.63, 3.8) is 0 Å². The fraction of sp³-hybridized carbons (Fsp3) is 0.588. The maximum Gasteiger partial charge on any atom is 0.124 e. The quantitative estimate of drug-likeness (QED) is 0.617. The van der Waals surface area contributed by atoms with E-state index < -0.39 is 0 Å². The Morgan fingerprint density at radius 2 is 1.78 bits per heavy atom. The van der Waals surface area contributed by atoms with Gasteiger partial charge in [0.05, 0.1) is 0 Å². The molecule has 0 fully saturated rings. The van der Waals surface area contributed by atoms with Gasteiger partial charge in [-0.3, -0.25) is 0 Å². The Labute approximate surface area is 112 Å². The van der Waals surface area contributed by atoms with Crippen molar-refractivity contribution in [2.45, 2.75) is 65.7 Å². The molecule has 0 spiro atoms. The summed E-state index contributed by atoms with van der Waals surface area (Å²) in [5.74, 6) is 0. The second-order valence-electron chi connectivity index (χ2n) is 5.26. The molecule has 0 saturated heterocycles. The summed E-state index contributed by atoms with van der Waals surface area (Å²) >= 11 is 0. The van der Waals surface area contributed by atoms with Gasteiger partial charge in [-0.2, -0.15) is 0 Å². The molecule has 1 aliphatic rings. The van der Waals surface area contributed by atoms with Crippen LogP contribution in [0.4, 0.5) is 0 Å². The number of allylic oxidation sites excluding steroid dienone is 6. The molecule has 0 aromatic heterocycles. The third-order valence-corrected chi connectivity index (χ3v) is 3.98. The van der Waals surface area contributed by atoms with Gasteiger partial charge in [-0.1, -0.05) is 30.6 Å². The molecule has 0 radical (unpaired) electrons. The lowest BCUT2D eigenvalue weighted by Crippen LogP contribution is -1.96. The molecule has 0 saturated carbocycles. The number of aldehydes is 1. The van der Waals surface area contributed by atoms with Crippen molar-refractivity contribution in [2.75, 3.05) is 0 Å². The van der Waals surface area contributed by atoms with Crippen LogP contribution < -0.4 is 0 Å². The Morgan fingerprint density at radius 1 is 1.06 bits per heavy atom. The van der Waals surface area contributed by atoms with Crippen molar-refractivity contribution in [1.82, 2.24) is 0 Å². The molecule has 0 amide bonds. The first-order chi connectivity index (χ1) is 8.66. The zero-order valence-corrected chi connectivity index (χ0v) is 12.1. The summed E-state index contributed by atoms with van der Waals surface area (Å²) in [6.45, 7) is 6.50. The summed E-state index contributed by atoms with van der Waals surface area (Å²) < 4.78 is 0. The van der Waals surface area contributed by atoms with E-state index in [4.69, 9.17) is 0 Å². The number of carbonyl (C=O) groups excluding carboxylic acids is 1. The molecule has 18 heavy (non-hydrogen) atoms. The van der Waals surface area contributed by atoms with E-state index in [1.807, 2.05) is 0 Å². The van der Waals surface area contributed by atoms with Crippen molar-refractivity contribution >= 4 is 6.29 Å². The first-order valence-electron chi connectivity index (χ1n) is 7.13. The molecule has 0 N–H and O–H groups in total. The lowest BCUT2D eigenvalue weighted by atomic mass is 9.92. The Bertz CT molecular complexity index is 369. The Balaban J connectivity index is 3.03. The molecule has 0 aromatic carbocycles. The number of carbonyl (C=O) groups is 1. The highest BCUT2D eigenvalue weighted by Gasteiger charge is 2.06. The summed E-state index contributed by atoms with van der Waals surface area (Å²) in [6.07, 6.45) is 13.5. The molecular weight excluding hydrogens is 220 g/mol. The van der Waals surface area contributed by atoms with Crippen LogP contribution in [0, 0.1) is 0 Å². The SMILES string of the molecule is CC1=C(C)/C(C)=C(/CC=O)CCCCCC\C=C\1. The second-order valence-corrected chi connectivity index (χ2v) is 5.26. The molecule has 1 aliphatic carbocycles. The van der Waals surface area contributed by atoms with Crippen LogP contribution in [0.3, 0.4) is 0 Å². The van der Waals surface area contributed by atoms with E-state index >= 15 is 0 Å². The van der Waals surface area contributed by atoms with Crippen LogP contribution in [0.1, 0.15) is 65.7 Å². The van der Waals surface area contributed by atoms with E-state index in [0.29, 0.717) is 6.42 Å². The predicted molar refractivity (Wildman–Crippen MR) is 78.6 cm³/mol. The van der Waals surface area contributed by atoms with Gasteiger partial charge in [0.1, 0.15) is 6.29 Å². The lowest BCUT2D eigenvalue weighted by Gasteiger charge is -2.13. The average Bonchev–Trinajstić information content (AvgIpc) is 2.37. The van der Waals surface area contributed by atoms with E-state index in [0.717, 1.165) is 12.7 Å². The molecule has 0 bridgehead atoms. The van der Waals surface area contributed by atoms with Crippen molar-refractivity contribution in [3.8, 4) is 0 Å². The summed E-state index contributed by atoms with van der Waals surface area (Å²) in [5.41, 5.74) is 5.32. The fourth-order valence-electron chi connectivity index (χ4n) is 2.44. The zero-order chi connectivity index (χ0) is 13.4. The highest BCUT2D eigenvalue weighted by molar-refractivity contribution is 5.56. The topological polar surface area (TPSA) is 17.1 Å². The Morgan fingerprint density at radius 3 is 2.50 bits per heavy atom. The highest BCUT2D eigenvalue weighted by atomic mass is 16.1. The molecule has 1 rings (SSSR count). The molecule has 0 aliphatic heterocycles. The standard InChI is InChI=1S/C17H26O/c1-14-10-8-6-4-5-7-9-11-17(12-13-18)16(3)15(14)2/h8,10,13H,4-7,9,11-12H2,1-3H3/b10-8+,15-14-,17-16+. The lowest BCUT2D eigenvalue weighted by molar-refractivity contribution is -0.107. The minimum atomic E-state index is 0.597. The second kappa shape index (κ2) is 8.07. The molecule has 0 aromatic rings. The maximum atomic E-state index is 10.8. The summed E-state index contributed by atoms with van der Waals surface area (Å²) in [6, 6.07) is 0. The van der Waals surface area contributed by atoms with Crippen LogP contribution in [0.15, 0.2) is 34.4 Å². The minimum Gasteiger partial charge on any atom is -0.303 e. The van der Waals surface area contributed by atoms with Crippen LogP contribution >= 0.6 is 0 Å². The smallest absolute Gasteiger partial charge is 0.124 e. The summed E-state index contributed by atoms with van der Waals surface area (Å²) in [4.78, 5) is 10.8. The zero-order valence-electron chi connectivity index (χ0n) is 12.1. The van der Waals surface area contributed by atoms with Gasteiger partial charge in [0, 0.05) is 6.42 Å². The normalized spacial score (nSPS) is 29.3. The van der Waals surface area contributed by atoms with Gasteiger partial charge in [0.25, 0.3) is 0 Å². The van der Waals surface area contributed by atoms with Crippen molar-refractivity contribution in [3.05, 3.63) is 34.4 Å². The van der Waals surface area contributed by atoms with Crippen LogP contribution in [-0.2, 0) is 4.79 Å². The molecular formula is C17H26O. The van der Waals surface area contributed by atoms with E-state index in [1.165, 1.54) is 54.4 Å². The van der Waals surface area contributed by atoms with Crippen molar-refractivity contribution < 1.29 is 4.79 Å². The van der Waals surface area contributed by atoms with Crippen molar-refractivity contribution in [1.29, 1.82) is 0 Å². The van der Waals surface area contributed by atoms with E-state index in [-0.39, 0.29) is 0 Å². The number of rotatable bonds is 2. The van der Waals surface area contributed by atoms with Gasteiger partial charge in [-0.05, 0) is 63.2 Å². The molecule has 0 atom stereocenters. The Hall–Kier alpha value is -1.11. The minimum absolute atomic E-state index is 0.597. The predicted octanol–water partition coefficient (Wildman–Crippen LogP) is 5.14. The van der Waals surface area contributed by atoms with Crippen LogP contribution in [0.25, 0.3) is 0 Å². The van der Waals surface area contributed by atoms with Crippen molar-refractivity contribution in [2.24, 2.45) is 0 Å². The molecule has 100 valence electrons. The average molecular weight is 246 g/mol. The third kappa shape index (κ3) is 4.64. The maximum absolute atomic E-state index is 10.8. The van der Waals surface area contributed by atoms with Gasteiger partial charge >= 0.3 is 0 Å². The number of hydrogen-bond acceptors (Lipinski definition) is 1. The van der Waals surface area contributed by atoms with Gasteiger partial charge in [-0.25, -0.2) is 0 Å². The molecule has 1 heteroatoms. The first-order valence-corrected chi connectivity index (χ1v) is 7.13. The number of hydrogen-bond donors (Lipinski definition) is 0.